The van der Waals surface area contributed by atoms with Crippen LogP contribution in [0, 0.1) is 5.41 Å². The first-order valence-electron chi connectivity index (χ1n) is 14.1. The Bertz CT molecular complexity index is 1580. The summed E-state index contributed by atoms with van der Waals surface area (Å²) in [6.45, 7) is 1.22. The van der Waals surface area contributed by atoms with Gasteiger partial charge < -0.3 is 10.0 Å². The van der Waals surface area contributed by atoms with Gasteiger partial charge in [-0.05, 0) is 68.2 Å². The third kappa shape index (κ3) is 6.01. The van der Waals surface area contributed by atoms with Gasteiger partial charge in [0.15, 0.2) is 0 Å². The molecule has 2 aromatic heterocycles. The van der Waals surface area contributed by atoms with Gasteiger partial charge in [-0.1, -0.05) is 0 Å². The monoisotopic (exact) mass is 588 g/mol. The molecule has 0 amide bonds. The summed E-state index contributed by atoms with van der Waals surface area (Å²) in [6.07, 6.45) is 7.98. The van der Waals surface area contributed by atoms with Crippen molar-refractivity contribution in [2.24, 2.45) is 5.41 Å². The summed E-state index contributed by atoms with van der Waals surface area (Å²) in [4.78, 5) is 14.8. The molecule has 0 bridgehead atoms. The average molecular weight is 589 g/mol. The Morgan fingerprint density at radius 2 is 1.73 bits per heavy atom. The van der Waals surface area contributed by atoms with E-state index in [4.69, 9.17) is 5.11 Å². The lowest BCUT2D eigenvalue weighted by Crippen LogP contribution is -2.35. The van der Waals surface area contributed by atoms with Crippen molar-refractivity contribution in [1.82, 2.24) is 19.6 Å². The maximum Gasteiger partial charge on any atom is 0.267 e. The lowest BCUT2D eigenvalue weighted by molar-refractivity contribution is -0.0454. The third-order valence-electron chi connectivity index (χ3n) is 8.71. The average Bonchev–Trinajstić information content (AvgIpc) is 3.50. The van der Waals surface area contributed by atoms with E-state index in [1.165, 1.54) is 23.6 Å². The van der Waals surface area contributed by atoms with Crippen LogP contribution >= 0.6 is 0 Å². The van der Waals surface area contributed by atoms with Gasteiger partial charge in [-0.2, -0.15) is 10.2 Å². The van der Waals surface area contributed by atoms with Gasteiger partial charge in [-0.3, -0.25) is 9.52 Å². The van der Waals surface area contributed by atoms with E-state index in [9.17, 15) is 22.0 Å². The zero-order chi connectivity index (χ0) is 28.8. The maximum absolute atomic E-state index is 13.7. The minimum Gasteiger partial charge on any atom is -0.395 e. The van der Waals surface area contributed by atoms with Crippen LogP contribution in [0.1, 0.15) is 57.4 Å². The smallest absolute Gasteiger partial charge is 0.267 e. The molecule has 0 unspecified atom stereocenters. The minimum atomic E-state index is -3.69. The largest absolute Gasteiger partial charge is 0.395 e. The quantitative estimate of drug-likeness (QED) is 0.409. The van der Waals surface area contributed by atoms with Gasteiger partial charge in [0.1, 0.15) is 0 Å². The van der Waals surface area contributed by atoms with Gasteiger partial charge >= 0.3 is 0 Å². The third-order valence-corrected chi connectivity index (χ3v) is 9.98. The molecule has 1 spiro atoms. The molecule has 0 atom stereocenters. The van der Waals surface area contributed by atoms with Gasteiger partial charge in [0.05, 0.1) is 47.4 Å². The normalized spacial score (nSPS) is 20.3. The molecule has 3 heterocycles. The standard InChI is InChI=1S/C28H34F2N6O4S/c29-28(30)7-5-22(6-8-28)36-26(38)4-2-23(32-36)20-18-31-35(19-20)24-3-1-21(33-41(39,40)16-15-37)17-25(24)34-13-11-27(9-10-27)12-14-34/h1-4,17-19,22,33,37H,5-16H2. The summed E-state index contributed by atoms with van der Waals surface area (Å²) in [5.41, 5.74) is 3.31. The number of aliphatic hydroxyl groups is 1. The summed E-state index contributed by atoms with van der Waals surface area (Å²) in [5, 5.41) is 18.2. The van der Waals surface area contributed by atoms with Crippen LogP contribution in [0.15, 0.2) is 47.5 Å². The highest BCUT2D eigenvalue weighted by atomic mass is 32.2. The summed E-state index contributed by atoms with van der Waals surface area (Å²) in [7, 11) is -3.69. The number of sulfonamides is 1. The van der Waals surface area contributed by atoms with Gasteiger partial charge in [-0.15, -0.1) is 0 Å². The molecule has 10 nitrogen and oxygen atoms in total. The van der Waals surface area contributed by atoms with Crippen molar-refractivity contribution in [1.29, 1.82) is 0 Å². The molecule has 41 heavy (non-hydrogen) atoms. The molecular weight excluding hydrogens is 554 g/mol. The number of aromatic nitrogens is 4. The topological polar surface area (TPSA) is 122 Å². The molecular formula is C28H34F2N6O4S. The van der Waals surface area contributed by atoms with Crippen molar-refractivity contribution < 1.29 is 22.3 Å². The predicted octanol–water partition coefficient (Wildman–Crippen LogP) is 3.96. The molecule has 3 aliphatic rings. The first-order valence-corrected chi connectivity index (χ1v) is 15.7. The molecule has 0 radical (unpaired) electrons. The van der Waals surface area contributed by atoms with E-state index in [1.807, 2.05) is 0 Å². The molecule has 3 fully saturated rings. The Balaban J connectivity index is 1.30. The fourth-order valence-electron chi connectivity index (χ4n) is 5.98. The van der Waals surface area contributed by atoms with E-state index in [0.29, 0.717) is 22.4 Å². The van der Waals surface area contributed by atoms with Crippen LogP contribution < -0.4 is 15.2 Å². The van der Waals surface area contributed by atoms with E-state index in [1.54, 1.807) is 41.3 Å². The minimum absolute atomic E-state index is 0.192. The molecule has 1 aliphatic heterocycles. The van der Waals surface area contributed by atoms with Crippen LogP contribution in [-0.2, 0) is 10.0 Å². The van der Waals surface area contributed by atoms with Gasteiger partial charge in [-0.25, -0.2) is 26.6 Å². The highest BCUT2D eigenvalue weighted by Gasteiger charge is 2.44. The second-order valence-corrected chi connectivity index (χ2v) is 13.4. The van der Waals surface area contributed by atoms with Crippen LogP contribution in [-0.4, -0.2) is 64.5 Å². The zero-order valence-electron chi connectivity index (χ0n) is 22.7. The Morgan fingerprint density at radius 3 is 2.41 bits per heavy atom. The SMILES string of the molecule is O=c1ccc(-c2cnn(-c3ccc(NS(=O)(=O)CCO)cc3N3CCC4(CC3)CC4)c2)nn1C1CCC(F)(F)CC1. The van der Waals surface area contributed by atoms with E-state index in [-0.39, 0.29) is 37.3 Å². The van der Waals surface area contributed by atoms with E-state index in [0.717, 1.165) is 37.3 Å². The van der Waals surface area contributed by atoms with Gasteiger partial charge in [0.2, 0.25) is 15.9 Å². The number of rotatable bonds is 8. The number of nitrogens with one attached hydrogen (secondary N) is 1. The number of anilines is 2. The second-order valence-electron chi connectivity index (χ2n) is 11.6. The van der Waals surface area contributed by atoms with Gasteiger partial charge in [0.25, 0.3) is 5.56 Å². The van der Waals surface area contributed by atoms with Crippen LogP contribution in [0.3, 0.4) is 0 Å². The highest BCUT2D eigenvalue weighted by molar-refractivity contribution is 7.92. The molecule has 220 valence electrons. The zero-order valence-corrected chi connectivity index (χ0v) is 23.5. The number of halogens is 2. The van der Waals surface area contributed by atoms with E-state index in [2.05, 4.69) is 19.8 Å². The Labute approximate surface area is 237 Å². The van der Waals surface area contributed by atoms with Crippen LogP contribution in [0.25, 0.3) is 16.9 Å². The second kappa shape index (κ2) is 10.5. The molecule has 2 aliphatic carbocycles. The fraction of sp³-hybridized carbons (Fsp3) is 0.536. The van der Waals surface area contributed by atoms with Crippen LogP contribution in [0.2, 0.25) is 0 Å². The Morgan fingerprint density at radius 1 is 1.00 bits per heavy atom. The Kier molecular flexibility index (Phi) is 7.13. The van der Waals surface area contributed by atoms with E-state index >= 15 is 0 Å². The number of benzene rings is 1. The van der Waals surface area contributed by atoms with Crippen LogP contribution in [0.5, 0.6) is 0 Å². The maximum atomic E-state index is 13.7. The number of hydrogen-bond acceptors (Lipinski definition) is 7. The van der Waals surface area contributed by atoms with Crippen molar-refractivity contribution in [3.05, 3.63) is 53.1 Å². The number of nitrogens with zero attached hydrogens (tertiary/aromatic N) is 5. The molecule has 6 rings (SSSR count). The number of hydrogen-bond donors (Lipinski definition) is 2. The summed E-state index contributed by atoms with van der Waals surface area (Å²) < 4.78 is 57.6. The van der Waals surface area contributed by atoms with Crippen molar-refractivity contribution in [3.63, 3.8) is 0 Å². The molecule has 3 aromatic rings. The summed E-state index contributed by atoms with van der Waals surface area (Å²) in [6, 6.07) is 7.91. The van der Waals surface area contributed by atoms with Gasteiger partial charge in [0, 0.05) is 43.8 Å². The molecule has 1 aromatic carbocycles. The van der Waals surface area contributed by atoms with Crippen molar-refractivity contribution >= 4 is 21.4 Å². The first kappa shape index (κ1) is 27.8. The van der Waals surface area contributed by atoms with Crippen molar-refractivity contribution in [2.75, 3.05) is 35.1 Å². The number of aliphatic hydroxyl groups excluding tert-OH is 1. The predicted molar refractivity (Wildman–Crippen MR) is 151 cm³/mol. The summed E-state index contributed by atoms with van der Waals surface area (Å²) >= 11 is 0. The lowest BCUT2D eigenvalue weighted by atomic mass is 9.92. The first-order chi connectivity index (χ1) is 19.6. The van der Waals surface area contributed by atoms with E-state index < -0.39 is 28.3 Å². The number of piperidine rings is 1. The summed E-state index contributed by atoms with van der Waals surface area (Å²) in [5.74, 6) is -3.09. The van der Waals surface area contributed by atoms with Crippen molar-refractivity contribution in [3.8, 4) is 16.9 Å². The molecule has 1 saturated heterocycles. The lowest BCUT2D eigenvalue weighted by Gasteiger charge is -2.35. The molecule has 2 saturated carbocycles. The molecule has 2 N–H and O–H groups in total. The fourth-order valence-corrected chi connectivity index (χ4v) is 6.81. The highest BCUT2D eigenvalue weighted by Crippen LogP contribution is 2.54. The van der Waals surface area contributed by atoms with Crippen LogP contribution in [0.4, 0.5) is 20.2 Å². The number of alkyl halides is 2. The Hall–Kier alpha value is -3.32. The van der Waals surface area contributed by atoms with Crippen molar-refractivity contribution in [2.45, 2.75) is 63.3 Å². The molecule has 13 heteroatoms.